The third-order valence-corrected chi connectivity index (χ3v) is 2.37. The number of carbonyl (C=O) groups excluding carboxylic acids is 2. The van der Waals surface area contributed by atoms with E-state index in [4.69, 9.17) is 9.94 Å². The van der Waals surface area contributed by atoms with Crippen LogP contribution < -0.4 is 10.8 Å². The van der Waals surface area contributed by atoms with Crippen molar-refractivity contribution in [2.24, 2.45) is 10.2 Å². The summed E-state index contributed by atoms with van der Waals surface area (Å²) in [6.07, 6.45) is 0. The summed E-state index contributed by atoms with van der Waals surface area (Å²) in [5.74, 6) is -0.828. The van der Waals surface area contributed by atoms with Gasteiger partial charge in [-0.05, 0) is 34.6 Å². The third kappa shape index (κ3) is 6.07. The maximum atomic E-state index is 11.8. The van der Waals surface area contributed by atoms with Crippen molar-refractivity contribution in [2.75, 3.05) is 19.8 Å². The van der Waals surface area contributed by atoms with Crippen LogP contribution in [-0.2, 0) is 14.4 Å². The van der Waals surface area contributed by atoms with Crippen LogP contribution >= 0.6 is 0 Å². The minimum Gasteiger partial charge on any atom is -0.395 e. The first-order chi connectivity index (χ1) is 9.17. The highest BCUT2D eigenvalue weighted by Crippen LogP contribution is 2.16. The van der Waals surface area contributed by atoms with Gasteiger partial charge >= 0.3 is 0 Å². The molecule has 0 rings (SSSR count). The Morgan fingerprint density at radius 3 is 2.05 bits per heavy atom. The molecule has 8 nitrogen and oxygen atoms in total. The number of carbonyl (C=O) groups is 2. The predicted molar refractivity (Wildman–Crippen MR) is 72.9 cm³/mol. The van der Waals surface area contributed by atoms with Crippen molar-refractivity contribution in [1.29, 1.82) is 0 Å². The Kier molecular flexibility index (Phi) is 7.30. The molecular weight excluding hydrogens is 264 g/mol. The van der Waals surface area contributed by atoms with Crippen LogP contribution in [0, 0.1) is 0 Å². The molecule has 0 aromatic carbocycles. The molecule has 0 radical (unpaired) electrons. The topological polar surface area (TPSA) is 112 Å². The number of aliphatic hydroxyl groups is 1. The molecule has 0 bridgehead atoms. The highest BCUT2D eigenvalue weighted by molar-refractivity contribution is 5.86. The Morgan fingerprint density at radius 2 is 1.60 bits per heavy atom. The van der Waals surface area contributed by atoms with E-state index in [1.807, 2.05) is 0 Å². The van der Waals surface area contributed by atoms with Gasteiger partial charge in [0.15, 0.2) is 11.1 Å². The highest BCUT2D eigenvalue weighted by atomic mass is 16.6. The molecule has 0 aliphatic carbocycles. The summed E-state index contributed by atoms with van der Waals surface area (Å²) in [5, 5.41) is 19.0. The van der Waals surface area contributed by atoms with Crippen LogP contribution in [0.4, 0.5) is 0 Å². The number of amides is 2. The Morgan fingerprint density at radius 1 is 1.10 bits per heavy atom. The molecule has 0 heterocycles. The molecule has 116 valence electrons. The first kappa shape index (κ1) is 18.5. The Balaban J connectivity index is 4.72. The van der Waals surface area contributed by atoms with Crippen molar-refractivity contribution >= 4 is 11.8 Å². The summed E-state index contributed by atoms with van der Waals surface area (Å²) in [4.78, 5) is 28.3. The second kappa shape index (κ2) is 7.91. The molecule has 2 amide bonds. The average molecular weight is 288 g/mol. The molecule has 0 aliphatic rings. The van der Waals surface area contributed by atoms with E-state index >= 15 is 0 Å². The fourth-order valence-corrected chi connectivity index (χ4v) is 0.989. The molecule has 0 saturated heterocycles. The molecule has 20 heavy (non-hydrogen) atoms. The average Bonchev–Trinajstić information content (AvgIpc) is 2.39. The number of hydroxylamine groups is 1. The first-order valence-corrected chi connectivity index (χ1v) is 6.43. The first-order valence-electron chi connectivity index (χ1n) is 6.43. The largest absolute Gasteiger partial charge is 0.395 e. The molecule has 0 aromatic heterocycles. The van der Waals surface area contributed by atoms with Gasteiger partial charge in [-0.25, -0.2) is 5.48 Å². The number of nitrogens with one attached hydrogen (secondary N) is 2. The van der Waals surface area contributed by atoms with E-state index in [0.29, 0.717) is 6.61 Å². The van der Waals surface area contributed by atoms with Gasteiger partial charge in [0, 0.05) is 6.54 Å². The van der Waals surface area contributed by atoms with Gasteiger partial charge in [-0.3, -0.25) is 14.4 Å². The van der Waals surface area contributed by atoms with Crippen LogP contribution in [0.25, 0.3) is 0 Å². The standard InChI is InChI=1S/C12H24N4O4/c1-6-20-14-10(19)12(4,5)16-15-11(2,3)9(18)13-7-8-17/h17H,6-8H2,1-5H3,(H,13,18)(H,14,19). The number of azo groups is 1. The lowest BCUT2D eigenvalue weighted by Crippen LogP contribution is -2.44. The summed E-state index contributed by atoms with van der Waals surface area (Å²) >= 11 is 0. The Hall–Kier alpha value is -1.54. The molecule has 0 aromatic rings. The van der Waals surface area contributed by atoms with Gasteiger partial charge in [0.25, 0.3) is 5.91 Å². The fraction of sp³-hybridized carbons (Fsp3) is 0.833. The fourth-order valence-electron chi connectivity index (χ4n) is 0.989. The second-order valence-electron chi connectivity index (χ2n) is 5.16. The maximum Gasteiger partial charge on any atom is 0.272 e. The number of nitrogens with zero attached hydrogens (tertiary/aromatic N) is 2. The van der Waals surface area contributed by atoms with Crippen molar-refractivity contribution in [3.8, 4) is 0 Å². The zero-order chi connectivity index (χ0) is 15.8. The van der Waals surface area contributed by atoms with E-state index in [1.165, 1.54) is 0 Å². The van der Waals surface area contributed by atoms with Gasteiger partial charge in [-0.1, -0.05) is 0 Å². The van der Waals surface area contributed by atoms with Crippen LogP contribution in [0.2, 0.25) is 0 Å². The van der Waals surface area contributed by atoms with Crippen LogP contribution in [-0.4, -0.2) is 47.8 Å². The molecule has 0 aliphatic heterocycles. The molecule has 3 N–H and O–H groups in total. The van der Waals surface area contributed by atoms with Gasteiger partial charge in [-0.15, -0.1) is 0 Å². The van der Waals surface area contributed by atoms with Crippen molar-refractivity contribution in [1.82, 2.24) is 10.8 Å². The predicted octanol–water partition coefficient (Wildman–Crippen LogP) is 0.172. The van der Waals surface area contributed by atoms with E-state index in [9.17, 15) is 9.59 Å². The van der Waals surface area contributed by atoms with Crippen LogP contribution in [0.3, 0.4) is 0 Å². The molecule has 0 unspecified atom stereocenters. The van der Waals surface area contributed by atoms with Gasteiger partial charge in [0.1, 0.15) is 0 Å². The van der Waals surface area contributed by atoms with Gasteiger partial charge in [0.05, 0.1) is 13.2 Å². The van der Waals surface area contributed by atoms with E-state index in [2.05, 4.69) is 21.0 Å². The minimum atomic E-state index is -1.15. The second-order valence-corrected chi connectivity index (χ2v) is 5.16. The lowest BCUT2D eigenvalue weighted by atomic mass is 10.1. The molecule has 0 fully saturated rings. The maximum absolute atomic E-state index is 11.8. The Bertz CT molecular complexity index is 332. The SMILES string of the molecule is CCONC(=O)C(C)(C)N=NC(C)(C)C(=O)NCCO. The summed E-state index contributed by atoms with van der Waals surface area (Å²) in [6, 6.07) is 0. The lowest BCUT2D eigenvalue weighted by molar-refractivity contribution is -0.138. The third-order valence-electron chi connectivity index (χ3n) is 2.37. The molecule has 0 atom stereocenters. The normalized spacial score (nSPS) is 12.5. The van der Waals surface area contributed by atoms with E-state index < -0.39 is 17.0 Å². The quantitative estimate of drug-likeness (QED) is 0.436. The molecular formula is C12H24N4O4. The monoisotopic (exact) mass is 288 g/mol. The molecule has 0 spiro atoms. The summed E-state index contributed by atoms with van der Waals surface area (Å²) in [5.41, 5.74) is -0.0297. The van der Waals surface area contributed by atoms with Crippen molar-refractivity contribution in [3.63, 3.8) is 0 Å². The van der Waals surface area contributed by atoms with Gasteiger partial charge < -0.3 is 10.4 Å². The van der Waals surface area contributed by atoms with Crippen molar-refractivity contribution in [3.05, 3.63) is 0 Å². The van der Waals surface area contributed by atoms with E-state index in [1.54, 1.807) is 34.6 Å². The van der Waals surface area contributed by atoms with Crippen molar-refractivity contribution < 1.29 is 19.5 Å². The number of aliphatic hydroxyl groups excluding tert-OH is 1. The summed E-state index contributed by atoms with van der Waals surface area (Å²) < 4.78 is 0. The molecule has 8 heteroatoms. The van der Waals surface area contributed by atoms with Crippen LogP contribution in [0.1, 0.15) is 34.6 Å². The Labute approximate surface area is 118 Å². The zero-order valence-electron chi connectivity index (χ0n) is 12.7. The van der Waals surface area contributed by atoms with E-state index in [0.717, 1.165) is 0 Å². The lowest BCUT2D eigenvalue weighted by Gasteiger charge is -2.21. The number of hydrogen-bond donors (Lipinski definition) is 3. The van der Waals surface area contributed by atoms with Crippen molar-refractivity contribution in [2.45, 2.75) is 45.7 Å². The van der Waals surface area contributed by atoms with Crippen LogP contribution in [0.5, 0.6) is 0 Å². The number of rotatable bonds is 8. The van der Waals surface area contributed by atoms with E-state index in [-0.39, 0.29) is 19.1 Å². The smallest absolute Gasteiger partial charge is 0.272 e. The van der Waals surface area contributed by atoms with Gasteiger partial charge in [-0.2, -0.15) is 10.2 Å². The molecule has 0 saturated carbocycles. The van der Waals surface area contributed by atoms with Gasteiger partial charge in [0.2, 0.25) is 5.91 Å². The van der Waals surface area contributed by atoms with Crippen LogP contribution in [0.15, 0.2) is 10.2 Å². The zero-order valence-corrected chi connectivity index (χ0v) is 12.7. The minimum absolute atomic E-state index is 0.145. The highest BCUT2D eigenvalue weighted by Gasteiger charge is 2.32. The summed E-state index contributed by atoms with van der Waals surface area (Å²) in [7, 11) is 0. The summed E-state index contributed by atoms with van der Waals surface area (Å²) in [6.45, 7) is 8.34. The number of hydrogen-bond acceptors (Lipinski definition) is 6.